The van der Waals surface area contributed by atoms with Gasteiger partial charge in [0.15, 0.2) is 5.96 Å². The number of rotatable bonds is 11. The molecular weight excluding hydrogens is 389 g/mol. The summed E-state index contributed by atoms with van der Waals surface area (Å²) in [6, 6.07) is 0.438. The summed E-state index contributed by atoms with van der Waals surface area (Å²) >= 11 is 0. The fourth-order valence-electron chi connectivity index (χ4n) is 2.35. The Labute approximate surface area is 155 Å². The molecule has 0 rings (SSSR count). The number of nitrogens with zero attached hydrogens (tertiary/aromatic N) is 1. The van der Waals surface area contributed by atoms with Crippen molar-refractivity contribution >= 4 is 29.9 Å². The van der Waals surface area contributed by atoms with Gasteiger partial charge in [-0.1, -0.05) is 27.2 Å². The molecule has 0 radical (unpaired) electrons. The van der Waals surface area contributed by atoms with Crippen LogP contribution in [0.5, 0.6) is 0 Å². The Hall–Kier alpha value is -0.0400. The minimum atomic E-state index is 0. The normalized spacial score (nSPS) is 14.4. The summed E-state index contributed by atoms with van der Waals surface area (Å²) in [5.74, 6) is 2.14. The summed E-state index contributed by atoms with van der Waals surface area (Å²) in [6.45, 7) is 12.9. The molecule has 2 atom stereocenters. The molecule has 4 nitrogen and oxygen atoms in total. The van der Waals surface area contributed by atoms with Crippen LogP contribution in [0.2, 0.25) is 0 Å². The van der Waals surface area contributed by atoms with Crippen molar-refractivity contribution in [3.05, 3.63) is 0 Å². The van der Waals surface area contributed by atoms with Crippen molar-refractivity contribution in [2.75, 3.05) is 19.7 Å². The summed E-state index contributed by atoms with van der Waals surface area (Å²) in [5.41, 5.74) is 0. The van der Waals surface area contributed by atoms with Gasteiger partial charge in [-0.15, -0.1) is 24.0 Å². The van der Waals surface area contributed by atoms with Gasteiger partial charge in [-0.3, -0.25) is 4.99 Å². The lowest BCUT2D eigenvalue weighted by Gasteiger charge is -2.20. The summed E-state index contributed by atoms with van der Waals surface area (Å²) in [7, 11) is 0. The van der Waals surface area contributed by atoms with Gasteiger partial charge in [-0.25, -0.2) is 0 Å². The van der Waals surface area contributed by atoms with Gasteiger partial charge in [-0.05, 0) is 51.4 Å². The van der Waals surface area contributed by atoms with E-state index in [0.29, 0.717) is 12.0 Å². The lowest BCUT2D eigenvalue weighted by molar-refractivity contribution is 0.253. The molecule has 0 aliphatic carbocycles. The lowest BCUT2D eigenvalue weighted by atomic mass is 10.0. The Balaban J connectivity index is 0. The molecule has 134 valence electrons. The number of guanidine groups is 1. The molecule has 5 heteroatoms. The highest BCUT2D eigenvalue weighted by molar-refractivity contribution is 14.0. The highest BCUT2D eigenvalue weighted by Gasteiger charge is 2.09. The summed E-state index contributed by atoms with van der Waals surface area (Å²) < 4.78 is 0. The van der Waals surface area contributed by atoms with Crippen molar-refractivity contribution in [3.8, 4) is 0 Å². The Bertz CT molecular complexity index is 267. The monoisotopic (exact) mass is 427 g/mol. The van der Waals surface area contributed by atoms with E-state index in [-0.39, 0.29) is 30.6 Å². The van der Waals surface area contributed by atoms with E-state index in [9.17, 15) is 0 Å². The molecule has 0 aromatic carbocycles. The fourth-order valence-corrected chi connectivity index (χ4v) is 2.35. The van der Waals surface area contributed by atoms with Gasteiger partial charge in [0.05, 0.1) is 0 Å². The zero-order chi connectivity index (χ0) is 16.1. The van der Waals surface area contributed by atoms with Crippen LogP contribution in [-0.2, 0) is 0 Å². The second kappa shape index (κ2) is 15.8. The molecule has 0 saturated heterocycles. The van der Waals surface area contributed by atoms with Crippen molar-refractivity contribution in [1.29, 1.82) is 0 Å². The van der Waals surface area contributed by atoms with Gasteiger partial charge in [0.2, 0.25) is 0 Å². The molecule has 0 aromatic heterocycles. The van der Waals surface area contributed by atoms with E-state index < -0.39 is 0 Å². The van der Waals surface area contributed by atoms with Crippen LogP contribution in [0.15, 0.2) is 4.99 Å². The molecule has 0 aliphatic rings. The molecule has 0 aromatic rings. The van der Waals surface area contributed by atoms with E-state index in [1.807, 2.05) is 0 Å². The van der Waals surface area contributed by atoms with Crippen LogP contribution in [0.3, 0.4) is 0 Å². The van der Waals surface area contributed by atoms with Gasteiger partial charge in [-0.2, -0.15) is 0 Å². The summed E-state index contributed by atoms with van der Waals surface area (Å²) in [6.07, 6.45) is 5.52. The number of hydrogen-bond donors (Lipinski definition) is 3. The number of aliphatic imine (C=N–C) groups is 1. The van der Waals surface area contributed by atoms with E-state index in [4.69, 9.17) is 10.1 Å². The first-order valence-electron chi connectivity index (χ1n) is 8.69. The van der Waals surface area contributed by atoms with E-state index >= 15 is 0 Å². The molecule has 0 bridgehead atoms. The van der Waals surface area contributed by atoms with Crippen molar-refractivity contribution in [2.45, 2.75) is 72.8 Å². The van der Waals surface area contributed by atoms with Crippen LogP contribution in [-0.4, -0.2) is 36.8 Å². The third-order valence-electron chi connectivity index (χ3n) is 3.65. The molecule has 0 aliphatic heterocycles. The lowest BCUT2D eigenvalue weighted by Crippen LogP contribution is -2.42. The standard InChI is InChI=1S/C17H37N3O.HI/c1-6-8-16(11-12-21)13-19-17(18-7-2)20-15(5)10-9-14(3)4;/h14-16,21H,6-13H2,1-5H3,(H2,18,19,20);1H. The summed E-state index contributed by atoms with van der Waals surface area (Å²) in [5, 5.41) is 15.9. The van der Waals surface area contributed by atoms with E-state index in [2.05, 4.69) is 45.3 Å². The molecule has 0 heterocycles. The molecule has 0 amide bonds. The highest BCUT2D eigenvalue weighted by atomic mass is 127. The maximum Gasteiger partial charge on any atom is 0.191 e. The average molecular weight is 427 g/mol. The Kier molecular flexibility index (Phi) is 17.4. The minimum Gasteiger partial charge on any atom is -0.396 e. The molecule has 2 unspecified atom stereocenters. The third-order valence-corrected chi connectivity index (χ3v) is 3.65. The van der Waals surface area contributed by atoms with E-state index in [0.717, 1.165) is 50.7 Å². The smallest absolute Gasteiger partial charge is 0.191 e. The van der Waals surface area contributed by atoms with Crippen molar-refractivity contribution in [2.24, 2.45) is 16.8 Å². The Morgan fingerprint density at radius 1 is 1.05 bits per heavy atom. The van der Waals surface area contributed by atoms with Crippen molar-refractivity contribution < 1.29 is 5.11 Å². The van der Waals surface area contributed by atoms with Crippen LogP contribution >= 0.6 is 24.0 Å². The van der Waals surface area contributed by atoms with E-state index in [1.54, 1.807) is 0 Å². The minimum absolute atomic E-state index is 0. The Morgan fingerprint density at radius 3 is 2.23 bits per heavy atom. The molecule has 3 N–H and O–H groups in total. The van der Waals surface area contributed by atoms with Gasteiger partial charge < -0.3 is 15.7 Å². The second-order valence-corrected chi connectivity index (χ2v) is 6.40. The SMILES string of the molecule is CCCC(CCO)CN=C(NCC)NC(C)CCC(C)C.I. The number of hydrogen-bond acceptors (Lipinski definition) is 2. The van der Waals surface area contributed by atoms with Gasteiger partial charge >= 0.3 is 0 Å². The topological polar surface area (TPSA) is 56.7 Å². The fraction of sp³-hybridized carbons (Fsp3) is 0.941. The molecular formula is C17H38IN3O. The maximum absolute atomic E-state index is 9.12. The Morgan fingerprint density at radius 2 is 1.73 bits per heavy atom. The van der Waals surface area contributed by atoms with Gasteiger partial charge in [0.25, 0.3) is 0 Å². The number of nitrogens with one attached hydrogen (secondary N) is 2. The van der Waals surface area contributed by atoms with Crippen LogP contribution in [0, 0.1) is 11.8 Å². The van der Waals surface area contributed by atoms with Crippen LogP contribution in [0.4, 0.5) is 0 Å². The first-order chi connectivity index (χ1) is 10.0. The zero-order valence-electron chi connectivity index (χ0n) is 15.2. The van der Waals surface area contributed by atoms with Crippen LogP contribution in [0.1, 0.15) is 66.7 Å². The maximum atomic E-state index is 9.12. The number of aliphatic hydroxyl groups is 1. The molecule has 0 fully saturated rings. The molecule has 22 heavy (non-hydrogen) atoms. The first kappa shape index (κ1) is 24.2. The number of halogens is 1. The summed E-state index contributed by atoms with van der Waals surface area (Å²) in [4.78, 5) is 4.70. The van der Waals surface area contributed by atoms with Gasteiger partial charge in [0, 0.05) is 25.7 Å². The molecule has 0 saturated carbocycles. The average Bonchev–Trinajstić information content (AvgIpc) is 2.43. The second-order valence-electron chi connectivity index (χ2n) is 6.40. The van der Waals surface area contributed by atoms with Crippen LogP contribution in [0.25, 0.3) is 0 Å². The van der Waals surface area contributed by atoms with Gasteiger partial charge in [0.1, 0.15) is 0 Å². The highest BCUT2D eigenvalue weighted by Crippen LogP contribution is 2.11. The zero-order valence-corrected chi connectivity index (χ0v) is 17.5. The van der Waals surface area contributed by atoms with Crippen molar-refractivity contribution in [3.63, 3.8) is 0 Å². The van der Waals surface area contributed by atoms with Crippen molar-refractivity contribution in [1.82, 2.24) is 10.6 Å². The predicted molar refractivity (Wildman–Crippen MR) is 108 cm³/mol. The van der Waals surface area contributed by atoms with E-state index in [1.165, 1.54) is 6.42 Å². The van der Waals surface area contributed by atoms with Crippen LogP contribution < -0.4 is 10.6 Å². The largest absolute Gasteiger partial charge is 0.396 e. The molecule has 0 spiro atoms. The quantitative estimate of drug-likeness (QED) is 0.267. The third kappa shape index (κ3) is 13.6. The predicted octanol–water partition coefficient (Wildman–Crippen LogP) is 3.78. The number of aliphatic hydroxyl groups excluding tert-OH is 1. The first-order valence-corrected chi connectivity index (χ1v) is 8.69.